The molecule has 3 fully saturated rings. The Kier molecular flexibility index (Phi) is 3.92. The summed E-state index contributed by atoms with van der Waals surface area (Å²) in [5.74, 6) is 0.945. The van der Waals surface area contributed by atoms with E-state index in [1.165, 1.54) is 58.3 Å². The first kappa shape index (κ1) is 12.9. The highest BCUT2D eigenvalue weighted by atomic mass is 16.5. The van der Waals surface area contributed by atoms with E-state index in [0.717, 1.165) is 25.2 Å². The first-order valence-corrected chi connectivity index (χ1v) is 7.83. The number of ether oxygens (including phenoxy) is 1. The monoisotopic (exact) mass is 252 g/mol. The van der Waals surface area contributed by atoms with Crippen molar-refractivity contribution in [2.45, 2.75) is 45.1 Å². The summed E-state index contributed by atoms with van der Waals surface area (Å²) in [6.07, 6.45) is 6.78. The molecular formula is C15H28N2O. The van der Waals surface area contributed by atoms with Crippen molar-refractivity contribution in [2.24, 2.45) is 11.3 Å². The molecule has 104 valence electrons. The van der Waals surface area contributed by atoms with Crippen molar-refractivity contribution in [2.75, 3.05) is 39.4 Å². The van der Waals surface area contributed by atoms with Gasteiger partial charge in [-0.25, -0.2) is 0 Å². The molecule has 3 aliphatic rings. The molecule has 0 aromatic heterocycles. The van der Waals surface area contributed by atoms with E-state index >= 15 is 0 Å². The lowest BCUT2D eigenvalue weighted by Gasteiger charge is -2.32. The van der Waals surface area contributed by atoms with Crippen LogP contribution in [0.15, 0.2) is 0 Å². The van der Waals surface area contributed by atoms with Crippen molar-refractivity contribution in [1.29, 1.82) is 0 Å². The van der Waals surface area contributed by atoms with E-state index in [9.17, 15) is 0 Å². The van der Waals surface area contributed by atoms with Crippen LogP contribution in [-0.4, -0.2) is 50.3 Å². The van der Waals surface area contributed by atoms with Gasteiger partial charge in [-0.3, -0.25) is 0 Å². The third kappa shape index (κ3) is 3.06. The molecule has 2 heterocycles. The van der Waals surface area contributed by atoms with Crippen molar-refractivity contribution < 1.29 is 4.74 Å². The van der Waals surface area contributed by atoms with Crippen LogP contribution in [0.4, 0.5) is 0 Å². The molecule has 0 spiro atoms. The van der Waals surface area contributed by atoms with Crippen LogP contribution in [0.1, 0.15) is 39.0 Å². The fraction of sp³-hybridized carbons (Fsp3) is 1.00. The zero-order valence-electron chi connectivity index (χ0n) is 11.8. The third-order valence-corrected chi connectivity index (χ3v) is 5.03. The van der Waals surface area contributed by atoms with Crippen molar-refractivity contribution in [3.63, 3.8) is 0 Å². The summed E-state index contributed by atoms with van der Waals surface area (Å²) in [4.78, 5) is 2.69. The first-order valence-electron chi connectivity index (χ1n) is 7.83. The quantitative estimate of drug-likeness (QED) is 0.781. The standard InChI is InChI=1S/C15H28N2O/c1-2-13-5-7-17(9-13)11-15(6-8-18-12-15)10-16-14-3-4-14/h13-14,16H,2-12H2,1H3. The maximum Gasteiger partial charge on any atom is 0.0547 e. The Bertz CT molecular complexity index is 272. The summed E-state index contributed by atoms with van der Waals surface area (Å²) < 4.78 is 5.71. The van der Waals surface area contributed by atoms with E-state index in [4.69, 9.17) is 4.74 Å². The number of hydrogen-bond acceptors (Lipinski definition) is 3. The number of rotatable bonds is 6. The van der Waals surface area contributed by atoms with Gasteiger partial charge >= 0.3 is 0 Å². The van der Waals surface area contributed by atoms with Gasteiger partial charge in [0.1, 0.15) is 0 Å². The lowest BCUT2D eigenvalue weighted by Crippen LogP contribution is -2.44. The molecule has 3 rings (SSSR count). The minimum absolute atomic E-state index is 0.408. The number of nitrogens with one attached hydrogen (secondary N) is 1. The molecule has 3 nitrogen and oxygen atoms in total. The Morgan fingerprint density at radius 3 is 2.83 bits per heavy atom. The van der Waals surface area contributed by atoms with Gasteiger partial charge in [-0.15, -0.1) is 0 Å². The molecule has 0 radical (unpaired) electrons. The van der Waals surface area contributed by atoms with Crippen molar-refractivity contribution in [1.82, 2.24) is 10.2 Å². The van der Waals surface area contributed by atoms with Gasteiger partial charge in [0.05, 0.1) is 6.61 Å². The lowest BCUT2D eigenvalue weighted by molar-refractivity contribution is 0.116. The maximum absolute atomic E-state index is 5.71. The van der Waals surface area contributed by atoms with Gasteiger partial charge in [0, 0.05) is 37.7 Å². The second-order valence-corrected chi connectivity index (χ2v) is 6.76. The van der Waals surface area contributed by atoms with Gasteiger partial charge in [0.2, 0.25) is 0 Å². The second kappa shape index (κ2) is 5.48. The predicted octanol–water partition coefficient (Wildman–Crippen LogP) is 1.88. The van der Waals surface area contributed by atoms with E-state index in [2.05, 4.69) is 17.1 Å². The summed E-state index contributed by atoms with van der Waals surface area (Å²) in [7, 11) is 0. The Balaban J connectivity index is 1.52. The Morgan fingerprint density at radius 1 is 1.33 bits per heavy atom. The average Bonchev–Trinajstić information content (AvgIpc) is 2.93. The summed E-state index contributed by atoms with van der Waals surface area (Å²) in [5.41, 5.74) is 0.408. The van der Waals surface area contributed by atoms with Gasteiger partial charge in [-0.1, -0.05) is 13.3 Å². The fourth-order valence-electron chi connectivity index (χ4n) is 3.48. The van der Waals surface area contributed by atoms with E-state index in [1.807, 2.05) is 0 Å². The summed E-state index contributed by atoms with van der Waals surface area (Å²) in [5, 5.41) is 3.73. The molecule has 18 heavy (non-hydrogen) atoms. The van der Waals surface area contributed by atoms with E-state index in [0.29, 0.717) is 5.41 Å². The van der Waals surface area contributed by atoms with Crippen LogP contribution in [-0.2, 0) is 4.74 Å². The molecular weight excluding hydrogens is 224 g/mol. The predicted molar refractivity (Wildman–Crippen MR) is 73.7 cm³/mol. The minimum Gasteiger partial charge on any atom is -0.381 e. The molecule has 2 aliphatic heterocycles. The average molecular weight is 252 g/mol. The highest BCUT2D eigenvalue weighted by Crippen LogP contribution is 2.33. The smallest absolute Gasteiger partial charge is 0.0547 e. The molecule has 0 amide bonds. The molecule has 1 N–H and O–H groups in total. The van der Waals surface area contributed by atoms with Crippen LogP contribution < -0.4 is 5.32 Å². The van der Waals surface area contributed by atoms with Crippen LogP contribution in [0.2, 0.25) is 0 Å². The van der Waals surface area contributed by atoms with Crippen LogP contribution in [0.3, 0.4) is 0 Å². The molecule has 0 aromatic rings. The number of hydrogen-bond donors (Lipinski definition) is 1. The minimum atomic E-state index is 0.408. The molecule has 2 unspecified atom stereocenters. The summed E-state index contributed by atoms with van der Waals surface area (Å²) in [6, 6.07) is 0.824. The highest BCUT2D eigenvalue weighted by Gasteiger charge is 2.39. The van der Waals surface area contributed by atoms with Crippen LogP contribution >= 0.6 is 0 Å². The van der Waals surface area contributed by atoms with Crippen molar-refractivity contribution >= 4 is 0 Å². The summed E-state index contributed by atoms with van der Waals surface area (Å²) >= 11 is 0. The van der Waals surface area contributed by atoms with Crippen molar-refractivity contribution in [3.8, 4) is 0 Å². The molecule has 2 atom stereocenters. The Labute approximate surface area is 111 Å². The van der Waals surface area contributed by atoms with Crippen LogP contribution in [0.25, 0.3) is 0 Å². The van der Waals surface area contributed by atoms with Crippen molar-refractivity contribution in [3.05, 3.63) is 0 Å². The number of nitrogens with zero attached hydrogens (tertiary/aromatic N) is 1. The Hall–Kier alpha value is -0.120. The second-order valence-electron chi connectivity index (χ2n) is 6.76. The summed E-state index contributed by atoms with van der Waals surface area (Å²) in [6.45, 7) is 9.33. The number of likely N-dealkylation sites (tertiary alicyclic amines) is 1. The SMILES string of the molecule is CCC1CCN(CC2(CNC3CC3)CCOC2)C1. The molecule has 0 aromatic carbocycles. The van der Waals surface area contributed by atoms with Crippen LogP contribution in [0, 0.1) is 11.3 Å². The van der Waals surface area contributed by atoms with E-state index < -0.39 is 0 Å². The molecule has 2 saturated heterocycles. The molecule has 3 heteroatoms. The van der Waals surface area contributed by atoms with Gasteiger partial charge in [-0.2, -0.15) is 0 Å². The lowest BCUT2D eigenvalue weighted by atomic mass is 9.86. The van der Waals surface area contributed by atoms with Crippen LogP contribution in [0.5, 0.6) is 0 Å². The molecule has 1 saturated carbocycles. The maximum atomic E-state index is 5.71. The van der Waals surface area contributed by atoms with E-state index in [-0.39, 0.29) is 0 Å². The largest absolute Gasteiger partial charge is 0.381 e. The third-order valence-electron chi connectivity index (χ3n) is 5.03. The highest BCUT2D eigenvalue weighted by molar-refractivity contribution is 4.93. The zero-order chi connectivity index (χ0) is 12.4. The fourth-order valence-corrected chi connectivity index (χ4v) is 3.48. The van der Waals surface area contributed by atoms with Gasteiger partial charge in [0.25, 0.3) is 0 Å². The first-order chi connectivity index (χ1) is 8.80. The Morgan fingerprint density at radius 2 is 2.22 bits per heavy atom. The normalized spacial score (nSPS) is 37.5. The van der Waals surface area contributed by atoms with Gasteiger partial charge in [-0.05, 0) is 38.1 Å². The van der Waals surface area contributed by atoms with Gasteiger partial charge < -0.3 is 15.0 Å². The molecule has 1 aliphatic carbocycles. The zero-order valence-corrected chi connectivity index (χ0v) is 11.8. The van der Waals surface area contributed by atoms with Gasteiger partial charge in [0.15, 0.2) is 0 Å². The van der Waals surface area contributed by atoms with E-state index in [1.54, 1.807) is 0 Å². The molecule has 0 bridgehead atoms. The topological polar surface area (TPSA) is 24.5 Å².